The van der Waals surface area contributed by atoms with Crippen LogP contribution in [0.4, 0.5) is 5.69 Å². The zero-order chi connectivity index (χ0) is 23.9. The van der Waals surface area contributed by atoms with Gasteiger partial charge in [0.2, 0.25) is 5.91 Å². The van der Waals surface area contributed by atoms with Gasteiger partial charge in [0, 0.05) is 42.1 Å². The zero-order valence-electron chi connectivity index (χ0n) is 19.6. The van der Waals surface area contributed by atoms with Crippen LogP contribution in [0.1, 0.15) is 59.1 Å². The van der Waals surface area contributed by atoms with Crippen molar-refractivity contribution in [1.82, 2.24) is 9.88 Å². The maximum Gasteiger partial charge on any atom is 0.275 e. The quantitative estimate of drug-likeness (QED) is 0.303. The molecule has 2 aromatic carbocycles. The van der Waals surface area contributed by atoms with Crippen LogP contribution in [-0.4, -0.2) is 34.8 Å². The Hall–Kier alpha value is -3.25. The summed E-state index contributed by atoms with van der Waals surface area (Å²) in [5.41, 5.74) is 4.42. The number of carbonyl (C=O) groups excluding carboxylic acids is 2. The highest BCUT2D eigenvalue weighted by Crippen LogP contribution is 2.32. The molecule has 1 aromatic heterocycles. The maximum absolute atomic E-state index is 13.0. The lowest BCUT2D eigenvalue weighted by Crippen LogP contribution is -2.37. The van der Waals surface area contributed by atoms with Gasteiger partial charge in [-0.2, -0.15) is 0 Å². The van der Waals surface area contributed by atoms with Crippen molar-refractivity contribution in [2.45, 2.75) is 44.9 Å². The monoisotopic (exact) mass is 473 g/mol. The molecule has 4 rings (SSSR count). The summed E-state index contributed by atoms with van der Waals surface area (Å²) >= 11 is 1.54. The van der Waals surface area contributed by atoms with Gasteiger partial charge in [0.1, 0.15) is 5.69 Å². The second kappa shape index (κ2) is 11.3. The molecule has 0 aliphatic carbocycles. The molecule has 1 N–H and O–H groups in total. The highest BCUT2D eigenvalue weighted by Gasteiger charge is 2.26. The predicted octanol–water partition coefficient (Wildman–Crippen LogP) is 6.43. The molecular weight excluding hydrogens is 442 g/mol. The molecule has 1 fully saturated rings. The number of thiazole rings is 1. The van der Waals surface area contributed by atoms with Gasteiger partial charge in [-0.3, -0.25) is 9.59 Å². The number of carbonyl (C=O) groups is 2. The van der Waals surface area contributed by atoms with Gasteiger partial charge in [0.25, 0.3) is 5.91 Å². The molecule has 2 amide bonds. The van der Waals surface area contributed by atoms with E-state index in [2.05, 4.69) is 22.9 Å². The average Bonchev–Trinajstić information content (AvgIpc) is 3.36. The van der Waals surface area contributed by atoms with E-state index in [-0.39, 0.29) is 11.8 Å². The molecule has 176 valence electrons. The first-order chi connectivity index (χ1) is 16.5. The van der Waals surface area contributed by atoms with E-state index in [4.69, 9.17) is 0 Å². The Balaban J connectivity index is 1.39. The van der Waals surface area contributed by atoms with Crippen molar-refractivity contribution in [2.75, 3.05) is 18.4 Å². The van der Waals surface area contributed by atoms with E-state index in [0.29, 0.717) is 18.0 Å². The third kappa shape index (κ3) is 5.81. The number of aromatic nitrogens is 1. The van der Waals surface area contributed by atoms with Crippen molar-refractivity contribution in [3.05, 3.63) is 82.8 Å². The molecule has 5 nitrogen and oxygen atoms in total. The third-order valence-electron chi connectivity index (χ3n) is 6.26. The summed E-state index contributed by atoms with van der Waals surface area (Å²) in [6, 6.07) is 16.1. The van der Waals surface area contributed by atoms with Gasteiger partial charge >= 0.3 is 0 Å². The first kappa shape index (κ1) is 23.9. The fraction of sp³-hybridized carbons (Fsp3) is 0.321. The van der Waals surface area contributed by atoms with E-state index in [1.54, 1.807) is 0 Å². The topological polar surface area (TPSA) is 62.3 Å². The highest BCUT2D eigenvalue weighted by atomic mass is 32.1. The molecule has 34 heavy (non-hydrogen) atoms. The fourth-order valence-corrected chi connectivity index (χ4v) is 5.29. The Morgan fingerprint density at radius 2 is 1.94 bits per heavy atom. The molecule has 1 saturated heterocycles. The molecule has 2 heterocycles. The van der Waals surface area contributed by atoms with Crippen molar-refractivity contribution in [3.8, 4) is 11.1 Å². The minimum Gasteiger partial charge on any atom is -0.343 e. The molecule has 0 spiro atoms. The van der Waals surface area contributed by atoms with E-state index in [0.717, 1.165) is 66.2 Å². The molecule has 1 aliphatic heterocycles. The van der Waals surface area contributed by atoms with Crippen LogP contribution in [0.25, 0.3) is 11.1 Å². The number of allylic oxidation sites excluding steroid dienone is 1. The number of nitrogens with one attached hydrogen (secondary N) is 1. The molecule has 6 heteroatoms. The summed E-state index contributed by atoms with van der Waals surface area (Å²) in [4.78, 5) is 32.0. The summed E-state index contributed by atoms with van der Waals surface area (Å²) in [7, 11) is 0. The number of rotatable bonds is 8. The summed E-state index contributed by atoms with van der Waals surface area (Å²) < 4.78 is 0. The van der Waals surface area contributed by atoms with Crippen molar-refractivity contribution in [3.63, 3.8) is 0 Å². The number of piperidine rings is 1. The lowest BCUT2D eigenvalue weighted by molar-refractivity contribution is -0.132. The van der Waals surface area contributed by atoms with Crippen LogP contribution in [0, 0.1) is 6.92 Å². The van der Waals surface area contributed by atoms with E-state index in [1.807, 2.05) is 65.7 Å². The van der Waals surface area contributed by atoms with Gasteiger partial charge in [-0.15, -0.1) is 17.9 Å². The fourth-order valence-electron chi connectivity index (χ4n) is 4.32. The molecular formula is C28H31N3O2S. The first-order valence-electron chi connectivity index (χ1n) is 11.9. The van der Waals surface area contributed by atoms with Crippen molar-refractivity contribution >= 4 is 28.8 Å². The minimum atomic E-state index is -0.196. The van der Waals surface area contributed by atoms with Crippen molar-refractivity contribution < 1.29 is 9.59 Å². The van der Waals surface area contributed by atoms with Gasteiger partial charge in [-0.1, -0.05) is 48.0 Å². The van der Waals surface area contributed by atoms with Crippen LogP contribution in [-0.2, 0) is 4.79 Å². The second-order valence-electron chi connectivity index (χ2n) is 8.78. The van der Waals surface area contributed by atoms with Gasteiger partial charge in [-0.05, 0) is 50.3 Å². The van der Waals surface area contributed by atoms with E-state index in [1.165, 1.54) is 11.3 Å². The molecule has 0 radical (unpaired) electrons. The summed E-state index contributed by atoms with van der Waals surface area (Å²) in [6.45, 7) is 7.27. The number of anilines is 1. The lowest BCUT2D eigenvalue weighted by atomic mass is 9.97. The van der Waals surface area contributed by atoms with Crippen molar-refractivity contribution in [1.29, 1.82) is 0 Å². The Morgan fingerprint density at radius 1 is 1.18 bits per heavy atom. The molecule has 0 bridgehead atoms. The third-order valence-corrected chi connectivity index (χ3v) is 7.27. The van der Waals surface area contributed by atoms with Gasteiger partial charge in [0.05, 0.1) is 5.01 Å². The summed E-state index contributed by atoms with van der Waals surface area (Å²) in [5.74, 6) is 0.327. The summed E-state index contributed by atoms with van der Waals surface area (Å²) in [6.07, 6.45) is 5.96. The Morgan fingerprint density at radius 3 is 2.68 bits per heavy atom. The van der Waals surface area contributed by atoms with E-state index in [9.17, 15) is 9.59 Å². The first-order valence-corrected chi connectivity index (χ1v) is 12.7. The van der Waals surface area contributed by atoms with Crippen LogP contribution in [0.5, 0.6) is 0 Å². The number of hydrogen-bond donors (Lipinski definition) is 1. The molecule has 0 unspecified atom stereocenters. The molecule has 3 aromatic rings. The number of hydrogen-bond acceptors (Lipinski definition) is 4. The minimum absolute atomic E-state index is 0.196. The van der Waals surface area contributed by atoms with Gasteiger partial charge in [-0.25, -0.2) is 4.98 Å². The normalized spacial score (nSPS) is 14.1. The maximum atomic E-state index is 13.0. The Kier molecular flexibility index (Phi) is 7.91. The largest absolute Gasteiger partial charge is 0.343 e. The van der Waals surface area contributed by atoms with E-state index < -0.39 is 0 Å². The number of amides is 2. The van der Waals surface area contributed by atoms with Crippen LogP contribution < -0.4 is 5.32 Å². The number of likely N-dealkylation sites (tertiary alicyclic amines) is 1. The number of unbranched alkanes of at least 4 members (excludes halogenated alkanes) is 1. The Bertz CT molecular complexity index is 1150. The van der Waals surface area contributed by atoms with Crippen LogP contribution >= 0.6 is 11.3 Å². The van der Waals surface area contributed by atoms with Crippen molar-refractivity contribution in [2.24, 2.45) is 0 Å². The SMILES string of the molecule is C=CCCCC(=O)N1CCC(c2nc(C(=O)Nc3ccc(C)cc3-c3ccccc3)cs2)CC1. The summed E-state index contributed by atoms with van der Waals surface area (Å²) in [5, 5.41) is 5.88. The molecule has 0 saturated carbocycles. The van der Waals surface area contributed by atoms with Crippen LogP contribution in [0.15, 0.2) is 66.6 Å². The second-order valence-corrected chi connectivity index (χ2v) is 9.67. The van der Waals surface area contributed by atoms with Gasteiger partial charge in [0.15, 0.2) is 0 Å². The zero-order valence-corrected chi connectivity index (χ0v) is 20.4. The number of nitrogens with zero attached hydrogens (tertiary/aromatic N) is 2. The van der Waals surface area contributed by atoms with Crippen LogP contribution in [0.3, 0.4) is 0 Å². The predicted molar refractivity (Wildman–Crippen MR) is 139 cm³/mol. The smallest absolute Gasteiger partial charge is 0.275 e. The standard InChI is InChI=1S/C28H31N3O2S/c1-3-4-6-11-26(32)31-16-14-22(15-17-31)28-30-25(19-34-28)27(33)29-24-13-12-20(2)18-23(24)21-9-7-5-8-10-21/h3,5,7-10,12-13,18-19,22H,1,4,6,11,14-17H2,2H3,(H,29,33). The lowest BCUT2D eigenvalue weighted by Gasteiger charge is -2.31. The van der Waals surface area contributed by atoms with Crippen LogP contribution in [0.2, 0.25) is 0 Å². The number of benzene rings is 2. The average molecular weight is 474 g/mol. The van der Waals surface area contributed by atoms with Gasteiger partial charge < -0.3 is 10.2 Å². The molecule has 0 atom stereocenters. The molecule has 1 aliphatic rings. The number of aryl methyl sites for hydroxylation is 1. The Labute approximate surface area is 205 Å². The highest BCUT2D eigenvalue weighted by molar-refractivity contribution is 7.10. The van der Waals surface area contributed by atoms with E-state index >= 15 is 0 Å².